The SMILES string of the molecule is O=C(CNC(=O)c1ccc(Br)cc1)NOCc1ccccc1. The topological polar surface area (TPSA) is 67.4 Å². The molecule has 114 valence electrons. The summed E-state index contributed by atoms with van der Waals surface area (Å²) in [5, 5.41) is 2.52. The van der Waals surface area contributed by atoms with Crippen LogP contribution < -0.4 is 10.8 Å². The Hall–Kier alpha value is -2.18. The van der Waals surface area contributed by atoms with Gasteiger partial charge in [-0.3, -0.25) is 14.4 Å². The van der Waals surface area contributed by atoms with Gasteiger partial charge < -0.3 is 5.32 Å². The second-order valence-corrected chi connectivity index (χ2v) is 5.40. The number of nitrogens with one attached hydrogen (secondary N) is 2. The van der Waals surface area contributed by atoms with E-state index in [1.807, 2.05) is 30.3 Å². The molecule has 0 fully saturated rings. The Morgan fingerprint density at radius 2 is 1.68 bits per heavy atom. The Morgan fingerprint density at radius 3 is 2.36 bits per heavy atom. The van der Waals surface area contributed by atoms with Crippen molar-refractivity contribution in [1.29, 1.82) is 0 Å². The molecule has 0 aliphatic heterocycles. The lowest BCUT2D eigenvalue weighted by Gasteiger charge is -2.07. The van der Waals surface area contributed by atoms with Crippen LogP contribution in [-0.4, -0.2) is 18.4 Å². The number of hydrogen-bond donors (Lipinski definition) is 2. The highest BCUT2D eigenvalue weighted by Gasteiger charge is 2.07. The van der Waals surface area contributed by atoms with Gasteiger partial charge in [0.1, 0.15) is 0 Å². The van der Waals surface area contributed by atoms with E-state index in [-0.39, 0.29) is 19.1 Å². The van der Waals surface area contributed by atoms with Crippen molar-refractivity contribution >= 4 is 27.7 Å². The highest BCUT2D eigenvalue weighted by Crippen LogP contribution is 2.10. The predicted octanol–water partition coefficient (Wildman–Crippen LogP) is 2.43. The molecule has 2 N–H and O–H groups in total. The Kier molecular flexibility index (Phi) is 6.12. The predicted molar refractivity (Wildman–Crippen MR) is 85.8 cm³/mol. The molecule has 0 aromatic heterocycles. The summed E-state index contributed by atoms with van der Waals surface area (Å²) in [6.45, 7) is 0.122. The lowest BCUT2D eigenvalue weighted by atomic mass is 10.2. The number of rotatable bonds is 6. The van der Waals surface area contributed by atoms with Gasteiger partial charge in [-0.1, -0.05) is 46.3 Å². The van der Waals surface area contributed by atoms with Crippen LogP contribution in [-0.2, 0) is 16.2 Å². The number of hydroxylamine groups is 1. The van der Waals surface area contributed by atoms with E-state index >= 15 is 0 Å². The van der Waals surface area contributed by atoms with Crippen LogP contribution in [0.25, 0.3) is 0 Å². The quantitative estimate of drug-likeness (QED) is 0.775. The molecule has 6 heteroatoms. The molecule has 2 rings (SSSR count). The fourth-order valence-corrected chi connectivity index (χ4v) is 1.94. The molecule has 0 radical (unpaired) electrons. The van der Waals surface area contributed by atoms with E-state index in [9.17, 15) is 9.59 Å². The monoisotopic (exact) mass is 362 g/mol. The molecule has 2 aromatic carbocycles. The summed E-state index contributed by atoms with van der Waals surface area (Å²) >= 11 is 3.29. The van der Waals surface area contributed by atoms with Gasteiger partial charge >= 0.3 is 0 Å². The molecule has 5 nitrogen and oxygen atoms in total. The first kappa shape index (κ1) is 16.2. The van der Waals surface area contributed by atoms with Crippen molar-refractivity contribution in [2.45, 2.75) is 6.61 Å². The number of halogens is 1. The molecular weight excluding hydrogens is 348 g/mol. The van der Waals surface area contributed by atoms with E-state index in [4.69, 9.17) is 4.84 Å². The second kappa shape index (κ2) is 8.31. The zero-order valence-electron chi connectivity index (χ0n) is 11.7. The van der Waals surface area contributed by atoms with Crippen LogP contribution in [0, 0.1) is 0 Å². The van der Waals surface area contributed by atoms with E-state index in [2.05, 4.69) is 26.7 Å². The summed E-state index contributed by atoms with van der Waals surface area (Å²) in [5.41, 5.74) is 3.72. The fraction of sp³-hybridized carbons (Fsp3) is 0.125. The van der Waals surface area contributed by atoms with Crippen molar-refractivity contribution in [1.82, 2.24) is 10.8 Å². The molecule has 2 aromatic rings. The zero-order valence-corrected chi connectivity index (χ0v) is 13.3. The average Bonchev–Trinajstić information content (AvgIpc) is 2.54. The summed E-state index contributed by atoms with van der Waals surface area (Å²) < 4.78 is 0.885. The minimum atomic E-state index is -0.415. The van der Waals surface area contributed by atoms with Crippen LogP contribution in [0.4, 0.5) is 0 Å². The van der Waals surface area contributed by atoms with E-state index in [1.165, 1.54) is 0 Å². The normalized spacial score (nSPS) is 10.0. The summed E-state index contributed by atoms with van der Waals surface area (Å²) in [4.78, 5) is 28.5. The van der Waals surface area contributed by atoms with E-state index < -0.39 is 5.91 Å². The number of carbonyl (C=O) groups excluding carboxylic acids is 2. The molecule has 0 aliphatic carbocycles. The molecule has 2 amide bonds. The third kappa shape index (κ3) is 5.31. The third-order valence-corrected chi connectivity index (χ3v) is 3.31. The van der Waals surface area contributed by atoms with Gasteiger partial charge in [-0.2, -0.15) is 0 Å². The van der Waals surface area contributed by atoms with Crippen molar-refractivity contribution in [3.63, 3.8) is 0 Å². The molecule has 22 heavy (non-hydrogen) atoms. The molecule has 0 atom stereocenters. The van der Waals surface area contributed by atoms with Crippen molar-refractivity contribution < 1.29 is 14.4 Å². The van der Waals surface area contributed by atoms with Gasteiger partial charge in [0.2, 0.25) is 0 Å². The highest BCUT2D eigenvalue weighted by atomic mass is 79.9. The fourth-order valence-electron chi connectivity index (χ4n) is 1.67. The van der Waals surface area contributed by atoms with Crippen LogP contribution in [0.2, 0.25) is 0 Å². The second-order valence-electron chi connectivity index (χ2n) is 4.49. The summed E-state index contributed by atoms with van der Waals surface area (Å²) in [6, 6.07) is 16.3. The smallest absolute Gasteiger partial charge is 0.262 e. The number of carbonyl (C=O) groups is 2. The Bertz CT molecular complexity index is 630. The molecular formula is C16H15BrN2O3. The largest absolute Gasteiger partial charge is 0.343 e. The minimum absolute atomic E-state index is 0.149. The van der Waals surface area contributed by atoms with Gasteiger partial charge in [0, 0.05) is 10.0 Å². The first-order valence-electron chi connectivity index (χ1n) is 6.63. The van der Waals surface area contributed by atoms with Gasteiger partial charge in [-0.15, -0.1) is 0 Å². The maximum absolute atomic E-state index is 11.8. The number of hydrogen-bond acceptors (Lipinski definition) is 3. The van der Waals surface area contributed by atoms with Crippen LogP contribution >= 0.6 is 15.9 Å². The summed E-state index contributed by atoms with van der Waals surface area (Å²) in [6.07, 6.45) is 0. The van der Waals surface area contributed by atoms with Gasteiger partial charge in [0.05, 0.1) is 13.2 Å². The van der Waals surface area contributed by atoms with Crippen LogP contribution in [0.15, 0.2) is 59.1 Å². The average molecular weight is 363 g/mol. The van der Waals surface area contributed by atoms with Gasteiger partial charge in [0.15, 0.2) is 0 Å². The zero-order chi connectivity index (χ0) is 15.8. The maximum Gasteiger partial charge on any atom is 0.262 e. The van der Waals surface area contributed by atoms with Gasteiger partial charge in [0.25, 0.3) is 11.8 Å². The van der Waals surface area contributed by atoms with Crippen molar-refractivity contribution in [2.24, 2.45) is 0 Å². The lowest BCUT2D eigenvalue weighted by molar-refractivity contribution is -0.133. The summed E-state index contributed by atoms with van der Waals surface area (Å²) in [5.74, 6) is -0.730. The molecule has 0 saturated heterocycles. The Morgan fingerprint density at radius 1 is 1.00 bits per heavy atom. The Labute approximate surface area is 136 Å². The number of amides is 2. The first-order chi connectivity index (χ1) is 10.6. The highest BCUT2D eigenvalue weighted by molar-refractivity contribution is 9.10. The van der Waals surface area contributed by atoms with Gasteiger partial charge in [-0.05, 0) is 29.8 Å². The minimum Gasteiger partial charge on any atom is -0.343 e. The van der Waals surface area contributed by atoms with Crippen molar-refractivity contribution in [3.05, 3.63) is 70.2 Å². The maximum atomic E-state index is 11.8. The van der Waals surface area contributed by atoms with Crippen LogP contribution in [0.5, 0.6) is 0 Å². The van der Waals surface area contributed by atoms with Crippen molar-refractivity contribution in [2.75, 3.05) is 6.54 Å². The molecule has 0 saturated carbocycles. The Balaban J connectivity index is 1.69. The summed E-state index contributed by atoms with van der Waals surface area (Å²) in [7, 11) is 0. The third-order valence-electron chi connectivity index (χ3n) is 2.78. The number of benzene rings is 2. The van der Waals surface area contributed by atoms with Crippen LogP contribution in [0.1, 0.15) is 15.9 Å². The first-order valence-corrected chi connectivity index (χ1v) is 7.43. The molecule has 0 aliphatic rings. The van der Waals surface area contributed by atoms with Gasteiger partial charge in [-0.25, -0.2) is 5.48 Å². The molecule has 0 heterocycles. The van der Waals surface area contributed by atoms with E-state index in [0.717, 1.165) is 10.0 Å². The molecule has 0 spiro atoms. The van der Waals surface area contributed by atoms with E-state index in [0.29, 0.717) is 5.56 Å². The lowest BCUT2D eigenvalue weighted by Crippen LogP contribution is -2.36. The molecule has 0 unspecified atom stereocenters. The van der Waals surface area contributed by atoms with Crippen molar-refractivity contribution in [3.8, 4) is 0 Å². The standard InChI is InChI=1S/C16H15BrN2O3/c17-14-8-6-13(7-9-14)16(21)18-10-15(20)19-22-11-12-4-2-1-3-5-12/h1-9H,10-11H2,(H,18,21)(H,19,20). The molecule has 0 bridgehead atoms. The van der Waals surface area contributed by atoms with E-state index in [1.54, 1.807) is 24.3 Å². The van der Waals surface area contributed by atoms with Crippen LogP contribution in [0.3, 0.4) is 0 Å².